The lowest BCUT2D eigenvalue weighted by molar-refractivity contribution is 0.617. The summed E-state index contributed by atoms with van der Waals surface area (Å²) < 4.78 is 2.37. The number of aromatic nitrogens is 3. The molecule has 1 fully saturated rings. The summed E-state index contributed by atoms with van der Waals surface area (Å²) in [6.07, 6.45) is 10.6. The van der Waals surface area contributed by atoms with Crippen LogP contribution in [-0.4, -0.2) is 14.5 Å². The van der Waals surface area contributed by atoms with Gasteiger partial charge in [0, 0.05) is 36.1 Å². The molecule has 0 bridgehead atoms. The summed E-state index contributed by atoms with van der Waals surface area (Å²) in [7, 11) is 0. The Morgan fingerprint density at radius 1 is 1.04 bits per heavy atom. The zero-order chi connectivity index (χ0) is 15.5. The molecule has 3 heteroatoms. The van der Waals surface area contributed by atoms with Crippen LogP contribution in [0.25, 0.3) is 11.3 Å². The van der Waals surface area contributed by atoms with Crippen LogP contribution in [0.3, 0.4) is 0 Å². The second-order valence-corrected chi connectivity index (χ2v) is 6.28. The molecule has 2 heterocycles. The molecule has 0 N–H and O–H groups in total. The van der Waals surface area contributed by atoms with Crippen molar-refractivity contribution in [3.63, 3.8) is 0 Å². The van der Waals surface area contributed by atoms with E-state index in [-0.39, 0.29) is 0 Å². The standard InChI is InChI=1S/C20H21N3/c1-2-8-17(9-3-1)19-20(18-10-11-18)23(15-22-19)13-5-7-16-6-4-12-21-14-16/h1-4,6,8-9,12,14-15,18H,5,7,10-11,13H2. The van der Waals surface area contributed by atoms with E-state index in [1.807, 2.05) is 24.8 Å². The first-order valence-corrected chi connectivity index (χ1v) is 8.41. The lowest BCUT2D eigenvalue weighted by atomic mass is 10.1. The zero-order valence-electron chi connectivity index (χ0n) is 13.2. The first-order chi connectivity index (χ1) is 11.4. The number of benzene rings is 1. The molecule has 1 aromatic carbocycles. The summed E-state index contributed by atoms with van der Waals surface area (Å²) in [5, 5.41) is 0. The fourth-order valence-corrected chi connectivity index (χ4v) is 3.17. The smallest absolute Gasteiger partial charge is 0.0956 e. The van der Waals surface area contributed by atoms with E-state index < -0.39 is 0 Å². The van der Waals surface area contributed by atoms with Crippen LogP contribution in [-0.2, 0) is 13.0 Å². The van der Waals surface area contributed by atoms with Crippen LogP contribution in [0, 0.1) is 0 Å². The number of nitrogens with zero attached hydrogens (tertiary/aromatic N) is 3. The lowest BCUT2D eigenvalue weighted by Crippen LogP contribution is -2.03. The van der Waals surface area contributed by atoms with E-state index in [1.165, 1.54) is 35.4 Å². The molecule has 0 saturated heterocycles. The third-order valence-corrected chi connectivity index (χ3v) is 4.48. The van der Waals surface area contributed by atoms with Gasteiger partial charge in [-0.05, 0) is 37.3 Å². The first kappa shape index (κ1) is 14.2. The van der Waals surface area contributed by atoms with Crippen molar-refractivity contribution in [2.24, 2.45) is 0 Å². The second-order valence-electron chi connectivity index (χ2n) is 6.28. The predicted molar refractivity (Wildman–Crippen MR) is 92.2 cm³/mol. The number of imidazole rings is 1. The summed E-state index contributed by atoms with van der Waals surface area (Å²) in [5.74, 6) is 0.700. The summed E-state index contributed by atoms with van der Waals surface area (Å²) in [4.78, 5) is 8.91. The van der Waals surface area contributed by atoms with Crippen molar-refractivity contribution in [2.45, 2.75) is 38.1 Å². The van der Waals surface area contributed by atoms with Crippen LogP contribution >= 0.6 is 0 Å². The molecule has 2 aromatic heterocycles. The lowest BCUT2D eigenvalue weighted by Gasteiger charge is -2.09. The molecule has 0 atom stereocenters. The topological polar surface area (TPSA) is 30.7 Å². The molecule has 0 aliphatic heterocycles. The third-order valence-electron chi connectivity index (χ3n) is 4.48. The van der Waals surface area contributed by atoms with Crippen LogP contribution in [0.4, 0.5) is 0 Å². The highest BCUT2D eigenvalue weighted by Crippen LogP contribution is 2.44. The average molecular weight is 303 g/mol. The van der Waals surface area contributed by atoms with Gasteiger partial charge in [0.25, 0.3) is 0 Å². The molecular weight excluding hydrogens is 282 g/mol. The fourth-order valence-electron chi connectivity index (χ4n) is 3.17. The molecule has 0 amide bonds. The van der Waals surface area contributed by atoms with Gasteiger partial charge in [0.15, 0.2) is 0 Å². The van der Waals surface area contributed by atoms with Crippen LogP contribution in [0.2, 0.25) is 0 Å². The molecule has 116 valence electrons. The van der Waals surface area contributed by atoms with Crippen LogP contribution in [0.15, 0.2) is 61.2 Å². The van der Waals surface area contributed by atoms with Gasteiger partial charge < -0.3 is 4.57 Å². The minimum Gasteiger partial charge on any atom is -0.334 e. The van der Waals surface area contributed by atoms with Gasteiger partial charge in [-0.1, -0.05) is 36.4 Å². The van der Waals surface area contributed by atoms with Crippen LogP contribution in [0.5, 0.6) is 0 Å². The van der Waals surface area contributed by atoms with Crippen molar-refractivity contribution >= 4 is 0 Å². The quantitative estimate of drug-likeness (QED) is 0.673. The van der Waals surface area contributed by atoms with E-state index in [1.54, 1.807) is 0 Å². The van der Waals surface area contributed by atoms with E-state index in [9.17, 15) is 0 Å². The summed E-state index contributed by atoms with van der Waals surface area (Å²) in [6.45, 7) is 1.03. The van der Waals surface area contributed by atoms with E-state index in [4.69, 9.17) is 4.98 Å². The molecule has 1 saturated carbocycles. The number of rotatable bonds is 6. The van der Waals surface area contributed by atoms with Gasteiger partial charge in [-0.3, -0.25) is 4.98 Å². The molecule has 23 heavy (non-hydrogen) atoms. The summed E-state index contributed by atoms with van der Waals surface area (Å²) >= 11 is 0. The Morgan fingerprint density at radius 3 is 2.65 bits per heavy atom. The van der Waals surface area contributed by atoms with Gasteiger partial charge in [0.2, 0.25) is 0 Å². The van der Waals surface area contributed by atoms with Gasteiger partial charge in [-0.2, -0.15) is 0 Å². The molecular formula is C20H21N3. The van der Waals surface area contributed by atoms with Gasteiger partial charge in [0.1, 0.15) is 0 Å². The molecule has 0 radical (unpaired) electrons. The monoisotopic (exact) mass is 303 g/mol. The van der Waals surface area contributed by atoms with E-state index in [0.717, 1.165) is 19.4 Å². The SMILES string of the molecule is c1ccc(-c2ncn(CCCc3cccnc3)c2C2CC2)cc1. The Hall–Kier alpha value is -2.42. The molecule has 4 rings (SSSR count). The third kappa shape index (κ3) is 3.19. The Balaban J connectivity index is 1.52. The van der Waals surface area contributed by atoms with Crippen molar-refractivity contribution < 1.29 is 0 Å². The molecule has 0 unspecified atom stereocenters. The van der Waals surface area contributed by atoms with Gasteiger partial charge >= 0.3 is 0 Å². The van der Waals surface area contributed by atoms with Crippen LogP contribution < -0.4 is 0 Å². The Kier molecular flexibility index (Phi) is 3.93. The minimum atomic E-state index is 0.700. The van der Waals surface area contributed by atoms with Crippen molar-refractivity contribution in [1.82, 2.24) is 14.5 Å². The molecule has 1 aliphatic carbocycles. The van der Waals surface area contributed by atoms with E-state index >= 15 is 0 Å². The minimum absolute atomic E-state index is 0.700. The number of hydrogen-bond acceptors (Lipinski definition) is 2. The maximum absolute atomic E-state index is 4.72. The summed E-state index contributed by atoms with van der Waals surface area (Å²) in [6, 6.07) is 14.7. The normalized spacial score (nSPS) is 14.1. The second kappa shape index (κ2) is 6.37. The highest BCUT2D eigenvalue weighted by atomic mass is 15.1. The molecule has 1 aliphatic rings. The van der Waals surface area contributed by atoms with Crippen molar-refractivity contribution in [1.29, 1.82) is 0 Å². The molecule has 0 spiro atoms. The average Bonchev–Trinajstić information content (AvgIpc) is 3.37. The van der Waals surface area contributed by atoms with Gasteiger partial charge in [-0.15, -0.1) is 0 Å². The first-order valence-electron chi connectivity index (χ1n) is 8.41. The molecule has 3 aromatic rings. The Bertz CT molecular complexity index is 758. The maximum Gasteiger partial charge on any atom is 0.0956 e. The van der Waals surface area contributed by atoms with Crippen molar-refractivity contribution in [2.75, 3.05) is 0 Å². The van der Waals surface area contributed by atoms with Gasteiger partial charge in [0.05, 0.1) is 12.0 Å². The number of pyridine rings is 1. The maximum atomic E-state index is 4.72. The number of hydrogen-bond donors (Lipinski definition) is 0. The van der Waals surface area contributed by atoms with Crippen molar-refractivity contribution in [3.05, 3.63) is 72.4 Å². The van der Waals surface area contributed by atoms with Gasteiger partial charge in [-0.25, -0.2) is 4.98 Å². The fraction of sp³-hybridized carbons (Fsp3) is 0.300. The van der Waals surface area contributed by atoms with E-state index in [0.29, 0.717) is 5.92 Å². The highest BCUT2D eigenvalue weighted by molar-refractivity contribution is 5.63. The molecule has 3 nitrogen and oxygen atoms in total. The van der Waals surface area contributed by atoms with Crippen LogP contribution in [0.1, 0.15) is 36.4 Å². The number of aryl methyl sites for hydroxylation is 2. The highest BCUT2D eigenvalue weighted by Gasteiger charge is 2.30. The predicted octanol–water partition coefficient (Wildman–Crippen LogP) is 4.46. The zero-order valence-corrected chi connectivity index (χ0v) is 13.2. The van der Waals surface area contributed by atoms with E-state index in [2.05, 4.69) is 45.9 Å². The summed E-state index contributed by atoms with van der Waals surface area (Å²) in [5.41, 5.74) is 5.15. The Labute approximate surface area is 137 Å². The van der Waals surface area contributed by atoms with Crippen molar-refractivity contribution in [3.8, 4) is 11.3 Å². The Morgan fingerprint density at radius 2 is 1.91 bits per heavy atom. The largest absolute Gasteiger partial charge is 0.334 e.